The zero-order valence-electron chi connectivity index (χ0n) is 11.1. The summed E-state index contributed by atoms with van der Waals surface area (Å²) in [6, 6.07) is 1.48. The maximum absolute atomic E-state index is 12.1. The van der Waals surface area contributed by atoms with E-state index in [1.165, 1.54) is 13.8 Å². The van der Waals surface area contributed by atoms with Crippen molar-refractivity contribution in [3.05, 3.63) is 28.8 Å². The number of carboxylic acids is 2. The van der Waals surface area contributed by atoms with Crippen LogP contribution in [-0.4, -0.2) is 26.4 Å². The number of rotatable bonds is 6. The van der Waals surface area contributed by atoms with Gasteiger partial charge >= 0.3 is 0 Å². The van der Waals surface area contributed by atoms with Crippen molar-refractivity contribution in [3.63, 3.8) is 0 Å². The molecule has 9 heteroatoms. The van der Waals surface area contributed by atoms with Gasteiger partial charge in [-0.1, -0.05) is 31.5 Å². The van der Waals surface area contributed by atoms with Crippen LogP contribution in [0.3, 0.4) is 0 Å². The minimum Gasteiger partial charge on any atom is -0.548 e. The van der Waals surface area contributed by atoms with Crippen LogP contribution in [0.25, 0.3) is 0 Å². The normalized spacial score (nSPS) is 13.1. The van der Waals surface area contributed by atoms with Gasteiger partial charge in [0.25, 0.3) is 0 Å². The van der Waals surface area contributed by atoms with E-state index in [9.17, 15) is 28.2 Å². The highest BCUT2D eigenvalue weighted by Crippen LogP contribution is 2.23. The Morgan fingerprint density at radius 1 is 1.24 bits per heavy atom. The van der Waals surface area contributed by atoms with Crippen molar-refractivity contribution < 1.29 is 28.2 Å². The monoisotopic (exact) mass is 333 g/mol. The number of hydrogen-bond acceptors (Lipinski definition) is 6. The second kappa shape index (κ2) is 6.42. The first-order chi connectivity index (χ1) is 9.56. The number of hydrogen-bond donors (Lipinski definition) is 1. The Hall–Kier alpha value is -1.64. The molecular weight excluding hydrogens is 322 g/mol. The van der Waals surface area contributed by atoms with Crippen LogP contribution in [0, 0.1) is 5.92 Å². The zero-order chi connectivity index (χ0) is 16.4. The summed E-state index contributed by atoms with van der Waals surface area (Å²) in [5.41, 5.74) is -0.394. The van der Waals surface area contributed by atoms with Gasteiger partial charge in [-0.05, 0) is 23.6 Å². The van der Waals surface area contributed by atoms with Crippen LogP contribution in [0.5, 0.6) is 0 Å². The van der Waals surface area contributed by atoms with E-state index >= 15 is 0 Å². The maximum Gasteiger partial charge on any atom is 0.242 e. The summed E-state index contributed by atoms with van der Waals surface area (Å²) < 4.78 is 26.2. The molecule has 21 heavy (non-hydrogen) atoms. The van der Waals surface area contributed by atoms with Crippen LogP contribution < -0.4 is 14.9 Å². The van der Waals surface area contributed by atoms with E-state index in [0.29, 0.717) is 0 Å². The average molecular weight is 334 g/mol. The number of sulfonamides is 1. The molecule has 1 aromatic rings. The molecule has 0 bridgehead atoms. The van der Waals surface area contributed by atoms with Gasteiger partial charge in [-0.3, -0.25) is 0 Å². The number of aromatic carboxylic acids is 1. The van der Waals surface area contributed by atoms with Crippen molar-refractivity contribution >= 4 is 33.6 Å². The number of carboxylic acid groups (broad SMARTS) is 2. The van der Waals surface area contributed by atoms with Gasteiger partial charge in [-0.15, -0.1) is 0 Å². The summed E-state index contributed by atoms with van der Waals surface area (Å²) in [5, 5.41) is 21.4. The number of halogens is 1. The van der Waals surface area contributed by atoms with Crippen molar-refractivity contribution in [2.45, 2.75) is 24.8 Å². The highest BCUT2D eigenvalue weighted by Gasteiger charge is 2.25. The van der Waals surface area contributed by atoms with Gasteiger partial charge in [0, 0.05) is 0 Å². The molecule has 1 aromatic carbocycles. The van der Waals surface area contributed by atoms with E-state index in [2.05, 4.69) is 0 Å². The quantitative estimate of drug-likeness (QED) is 0.693. The van der Waals surface area contributed by atoms with Gasteiger partial charge in [-0.2, -0.15) is 0 Å². The molecule has 1 N–H and O–H groups in total. The molecule has 0 radical (unpaired) electrons. The molecule has 0 aliphatic carbocycles. The van der Waals surface area contributed by atoms with Gasteiger partial charge in [0.15, 0.2) is 0 Å². The Bertz CT molecular complexity index is 670. The highest BCUT2D eigenvalue weighted by atomic mass is 35.5. The first kappa shape index (κ1) is 17.4. The summed E-state index contributed by atoms with van der Waals surface area (Å²) in [6.07, 6.45) is 0. The fourth-order valence-electron chi connectivity index (χ4n) is 1.52. The average Bonchev–Trinajstić information content (AvgIpc) is 2.35. The predicted octanol–water partition coefficient (Wildman–Crippen LogP) is -1.24. The summed E-state index contributed by atoms with van der Waals surface area (Å²) in [5.74, 6) is -3.75. The van der Waals surface area contributed by atoms with Gasteiger partial charge < -0.3 is 19.8 Å². The lowest BCUT2D eigenvalue weighted by Gasteiger charge is -2.23. The van der Waals surface area contributed by atoms with E-state index in [-0.39, 0.29) is 5.02 Å². The Morgan fingerprint density at radius 3 is 2.24 bits per heavy atom. The number of nitrogens with one attached hydrogen (secondary N) is 1. The smallest absolute Gasteiger partial charge is 0.242 e. The molecule has 0 fully saturated rings. The van der Waals surface area contributed by atoms with E-state index in [4.69, 9.17) is 11.6 Å². The molecule has 0 unspecified atom stereocenters. The molecule has 0 spiro atoms. The van der Waals surface area contributed by atoms with Crippen LogP contribution in [-0.2, 0) is 14.8 Å². The third kappa shape index (κ3) is 4.16. The summed E-state index contributed by atoms with van der Waals surface area (Å²) >= 11 is 5.73. The first-order valence-electron chi connectivity index (χ1n) is 5.80. The molecule has 0 aliphatic heterocycles. The SMILES string of the molecule is CC(C)[C@@H](NS(=O)(=O)c1cc(C(=O)[O-])ccc1Cl)C(=O)[O-]. The van der Waals surface area contributed by atoms with Crippen LogP contribution in [0.4, 0.5) is 0 Å². The second-order valence-corrected chi connectivity index (χ2v) is 6.68. The number of benzene rings is 1. The zero-order valence-corrected chi connectivity index (χ0v) is 12.7. The van der Waals surface area contributed by atoms with E-state index in [0.717, 1.165) is 18.2 Å². The molecular formula is C12H12ClNO6S-2. The van der Waals surface area contributed by atoms with Crippen LogP contribution >= 0.6 is 11.6 Å². The van der Waals surface area contributed by atoms with E-state index in [1.807, 2.05) is 4.72 Å². The van der Waals surface area contributed by atoms with Crippen molar-refractivity contribution in [2.75, 3.05) is 0 Å². The predicted molar refractivity (Wildman–Crippen MR) is 69.7 cm³/mol. The highest BCUT2D eigenvalue weighted by molar-refractivity contribution is 7.89. The van der Waals surface area contributed by atoms with Crippen molar-refractivity contribution in [1.29, 1.82) is 0 Å². The summed E-state index contributed by atoms with van der Waals surface area (Å²) in [6.45, 7) is 2.98. The van der Waals surface area contributed by atoms with Crippen LogP contribution in [0.1, 0.15) is 24.2 Å². The number of carbonyl (C=O) groups is 2. The Labute approximate surface area is 126 Å². The molecule has 1 atom stereocenters. The first-order valence-corrected chi connectivity index (χ1v) is 7.66. The number of aliphatic carboxylic acids is 1. The summed E-state index contributed by atoms with van der Waals surface area (Å²) in [4.78, 5) is 21.1. The lowest BCUT2D eigenvalue weighted by Crippen LogP contribution is -2.50. The second-order valence-electron chi connectivity index (χ2n) is 4.59. The van der Waals surface area contributed by atoms with Crippen LogP contribution in [0.2, 0.25) is 5.02 Å². The minimum absolute atomic E-state index is 0.242. The largest absolute Gasteiger partial charge is 0.548 e. The Morgan fingerprint density at radius 2 is 1.81 bits per heavy atom. The molecule has 0 saturated heterocycles. The van der Waals surface area contributed by atoms with Crippen molar-refractivity contribution in [1.82, 2.24) is 4.72 Å². The van der Waals surface area contributed by atoms with Crippen molar-refractivity contribution in [3.8, 4) is 0 Å². The molecule has 7 nitrogen and oxygen atoms in total. The topological polar surface area (TPSA) is 126 Å². The van der Waals surface area contributed by atoms with Crippen molar-refractivity contribution in [2.24, 2.45) is 5.92 Å². The van der Waals surface area contributed by atoms with Gasteiger partial charge in [-0.25, -0.2) is 13.1 Å². The Balaban J connectivity index is 3.27. The van der Waals surface area contributed by atoms with Gasteiger partial charge in [0.2, 0.25) is 10.0 Å². The minimum atomic E-state index is -4.33. The lowest BCUT2D eigenvalue weighted by molar-refractivity contribution is -0.309. The Kier molecular flexibility index (Phi) is 5.32. The molecule has 0 heterocycles. The number of carbonyl (C=O) groups excluding carboxylic acids is 2. The fourth-order valence-corrected chi connectivity index (χ4v) is 3.38. The molecule has 0 aliphatic rings. The molecule has 0 amide bonds. The maximum atomic E-state index is 12.1. The van der Waals surface area contributed by atoms with Gasteiger partial charge in [0.05, 0.1) is 23.0 Å². The third-order valence-electron chi connectivity index (χ3n) is 2.66. The lowest BCUT2D eigenvalue weighted by atomic mass is 10.1. The fraction of sp³-hybridized carbons (Fsp3) is 0.333. The summed E-state index contributed by atoms with van der Waals surface area (Å²) in [7, 11) is -4.33. The standard InChI is InChI=1S/C12H14ClNO6S/c1-6(2)10(12(17)18)14-21(19,20)9-5-7(11(15)16)3-4-8(9)13/h3-6,10,14H,1-2H3,(H,15,16)(H,17,18)/p-2/t10-/m1/s1. The molecule has 1 rings (SSSR count). The molecule has 116 valence electrons. The molecule has 0 saturated carbocycles. The van der Waals surface area contributed by atoms with E-state index in [1.54, 1.807) is 0 Å². The van der Waals surface area contributed by atoms with E-state index < -0.39 is 44.4 Å². The van der Waals surface area contributed by atoms with Gasteiger partial charge in [0.1, 0.15) is 4.90 Å². The van der Waals surface area contributed by atoms with Crippen LogP contribution in [0.15, 0.2) is 23.1 Å². The molecule has 0 aromatic heterocycles. The third-order valence-corrected chi connectivity index (χ3v) is 4.58.